The standard InChI is InChI=1S/C11H14N2O4S/c12-7-9-3-4-10(17-9)18(15,16)13-8-11(14)5-1-2-6-11/h3-4,13-14H,1-2,5-6,8H2. The number of nitrogens with zero attached hydrogens (tertiary/aromatic N) is 1. The van der Waals surface area contributed by atoms with Gasteiger partial charge in [-0.25, -0.2) is 13.1 Å². The summed E-state index contributed by atoms with van der Waals surface area (Å²) in [6.07, 6.45) is 2.99. The lowest BCUT2D eigenvalue weighted by Crippen LogP contribution is -2.40. The Morgan fingerprint density at radius 1 is 1.44 bits per heavy atom. The van der Waals surface area contributed by atoms with Gasteiger partial charge in [-0.3, -0.25) is 0 Å². The molecule has 1 heterocycles. The molecule has 0 spiro atoms. The van der Waals surface area contributed by atoms with Gasteiger partial charge in [0.2, 0.25) is 10.9 Å². The number of nitrogens with one attached hydrogen (secondary N) is 1. The second kappa shape index (κ2) is 4.72. The maximum absolute atomic E-state index is 11.8. The van der Waals surface area contributed by atoms with Gasteiger partial charge >= 0.3 is 0 Å². The first-order valence-electron chi connectivity index (χ1n) is 5.67. The van der Waals surface area contributed by atoms with E-state index in [0.29, 0.717) is 12.8 Å². The second-order valence-corrected chi connectivity index (χ2v) is 6.18. The molecule has 0 aromatic carbocycles. The number of nitriles is 1. The first-order chi connectivity index (χ1) is 8.45. The third-order valence-corrected chi connectivity index (χ3v) is 4.36. The Bertz CT molecular complexity index is 564. The fourth-order valence-electron chi connectivity index (χ4n) is 2.04. The van der Waals surface area contributed by atoms with Crippen molar-refractivity contribution in [3.63, 3.8) is 0 Å². The topological polar surface area (TPSA) is 103 Å². The Morgan fingerprint density at radius 3 is 2.67 bits per heavy atom. The largest absolute Gasteiger partial charge is 0.433 e. The summed E-state index contributed by atoms with van der Waals surface area (Å²) in [5, 5.41) is 18.3. The SMILES string of the molecule is N#Cc1ccc(S(=O)(=O)NCC2(O)CCCC2)o1. The molecule has 1 aromatic rings. The van der Waals surface area contributed by atoms with Crippen LogP contribution in [0.1, 0.15) is 31.4 Å². The van der Waals surface area contributed by atoms with Crippen LogP contribution in [0.25, 0.3) is 0 Å². The van der Waals surface area contributed by atoms with E-state index in [4.69, 9.17) is 9.68 Å². The summed E-state index contributed by atoms with van der Waals surface area (Å²) >= 11 is 0. The third-order valence-electron chi connectivity index (χ3n) is 3.08. The fraction of sp³-hybridized carbons (Fsp3) is 0.545. The number of sulfonamides is 1. The van der Waals surface area contributed by atoms with E-state index in [2.05, 4.69) is 4.72 Å². The zero-order chi connectivity index (χ0) is 13.2. The molecular formula is C11H14N2O4S. The summed E-state index contributed by atoms with van der Waals surface area (Å²) in [6.45, 7) is -0.0298. The molecule has 1 aliphatic rings. The number of hydrogen-bond donors (Lipinski definition) is 2. The molecule has 0 atom stereocenters. The van der Waals surface area contributed by atoms with Crippen molar-refractivity contribution in [3.8, 4) is 6.07 Å². The van der Waals surface area contributed by atoms with Gasteiger partial charge in [0, 0.05) is 6.54 Å². The van der Waals surface area contributed by atoms with Crippen molar-refractivity contribution < 1.29 is 17.9 Å². The van der Waals surface area contributed by atoms with Gasteiger partial charge in [0.15, 0.2) is 0 Å². The molecule has 1 aliphatic carbocycles. The number of rotatable bonds is 4. The molecule has 1 fully saturated rings. The summed E-state index contributed by atoms with van der Waals surface area (Å²) < 4.78 is 30.8. The third kappa shape index (κ3) is 2.72. The molecule has 0 aliphatic heterocycles. The number of aliphatic hydroxyl groups is 1. The van der Waals surface area contributed by atoms with E-state index in [9.17, 15) is 13.5 Å². The molecular weight excluding hydrogens is 256 g/mol. The predicted molar refractivity (Wildman–Crippen MR) is 62.0 cm³/mol. The van der Waals surface area contributed by atoms with Crippen molar-refractivity contribution in [1.82, 2.24) is 4.72 Å². The zero-order valence-electron chi connectivity index (χ0n) is 9.72. The van der Waals surface area contributed by atoms with Crippen LogP contribution in [0.3, 0.4) is 0 Å². The fourth-order valence-corrected chi connectivity index (χ4v) is 3.08. The highest BCUT2D eigenvalue weighted by molar-refractivity contribution is 7.89. The van der Waals surface area contributed by atoms with Crippen molar-refractivity contribution >= 4 is 10.0 Å². The van der Waals surface area contributed by atoms with E-state index < -0.39 is 15.6 Å². The smallest absolute Gasteiger partial charge is 0.274 e. The zero-order valence-corrected chi connectivity index (χ0v) is 10.5. The first kappa shape index (κ1) is 13.1. The van der Waals surface area contributed by atoms with Crippen LogP contribution in [0, 0.1) is 11.3 Å². The lowest BCUT2D eigenvalue weighted by atomic mass is 10.0. The van der Waals surface area contributed by atoms with Gasteiger partial charge in [0.05, 0.1) is 5.60 Å². The Labute approximate surface area is 105 Å². The van der Waals surface area contributed by atoms with Crippen molar-refractivity contribution in [2.45, 2.75) is 36.4 Å². The van der Waals surface area contributed by atoms with E-state index in [-0.39, 0.29) is 17.4 Å². The number of furan rings is 1. The molecule has 0 amide bonds. The van der Waals surface area contributed by atoms with Gasteiger partial charge in [0.1, 0.15) is 6.07 Å². The van der Waals surface area contributed by atoms with Crippen LogP contribution in [0.2, 0.25) is 0 Å². The molecule has 0 saturated heterocycles. The Hall–Kier alpha value is -1.36. The Kier molecular flexibility index (Phi) is 3.43. The van der Waals surface area contributed by atoms with Gasteiger partial charge in [0.25, 0.3) is 10.0 Å². The molecule has 98 valence electrons. The quantitative estimate of drug-likeness (QED) is 0.839. The van der Waals surface area contributed by atoms with E-state index in [1.54, 1.807) is 6.07 Å². The lowest BCUT2D eigenvalue weighted by Gasteiger charge is -2.21. The second-order valence-electron chi connectivity index (χ2n) is 4.49. The normalized spacial score (nSPS) is 18.7. The Balaban J connectivity index is 2.06. The molecule has 18 heavy (non-hydrogen) atoms. The monoisotopic (exact) mass is 270 g/mol. The van der Waals surface area contributed by atoms with Gasteiger partial charge in [-0.2, -0.15) is 5.26 Å². The Morgan fingerprint density at radius 2 is 2.11 bits per heavy atom. The average Bonchev–Trinajstić information content (AvgIpc) is 2.96. The summed E-state index contributed by atoms with van der Waals surface area (Å²) in [6, 6.07) is 4.23. The van der Waals surface area contributed by atoms with Crippen LogP contribution in [0.5, 0.6) is 0 Å². The summed E-state index contributed by atoms with van der Waals surface area (Å²) in [5.41, 5.74) is -0.961. The first-order valence-corrected chi connectivity index (χ1v) is 7.16. The summed E-state index contributed by atoms with van der Waals surface area (Å²) in [4.78, 5) is 0. The highest BCUT2D eigenvalue weighted by Crippen LogP contribution is 2.29. The minimum absolute atomic E-state index is 0.0298. The van der Waals surface area contributed by atoms with Gasteiger partial charge in [-0.15, -0.1) is 0 Å². The van der Waals surface area contributed by atoms with Crippen LogP contribution in [-0.4, -0.2) is 25.7 Å². The van der Waals surface area contributed by atoms with Crippen LogP contribution in [0.4, 0.5) is 0 Å². The molecule has 1 aromatic heterocycles. The maximum Gasteiger partial charge on any atom is 0.274 e. The van der Waals surface area contributed by atoms with Crippen molar-refractivity contribution in [2.24, 2.45) is 0 Å². The van der Waals surface area contributed by atoms with Gasteiger partial charge in [-0.1, -0.05) is 12.8 Å². The van der Waals surface area contributed by atoms with Crippen LogP contribution >= 0.6 is 0 Å². The average molecular weight is 270 g/mol. The summed E-state index contributed by atoms with van der Waals surface area (Å²) in [5.74, 6) is -0.0602. The van der Waals surface area contributed by atoms with Gasteiger partial charge in [-0.05, 0) is 25.0 Å². The van der Waals surface area contributed by atoms with E-state index in [1.165, 1.54) is 12.1 Å². The van der Waals surface area contributed by atoms with Gasteiger partial charge < -0.3 is 9.52 Å². The molecule has 0 bridgehead atoms. The van der Waals surface area contributed by atoms with Crippen molar-refractivity contribution in [1.29, 1.82) is 5.26 Å². The lowest BCUT2D eigenvalue weighted by molar-refractivity contribution is 0.0531. The minimum atomic E-state index is -3.80. The van der Waals surface area contributed by atoms with Crippen molar-refractivity contribution in [2.75, 3.05) is 6.54 Å². The summed E-state index contributed by atoms with van der Waals surface area (Å²) in [7, 11) is -3.80. The molecule has 0 unspecified atom stereocenters. The molecule has 6 nitrogen and oxygen atoms in total. The number of hydrogen-bond acceptors (Lipinski definition) is 5. The van der Waals surface area contributed by atoms with E-state index >= 15 is 0 Å². The van der Waals surface area contributed by atoms with Crippen LogP contribution in [0.15, 0.2) is 21.6 Å². The predicted octanol–water partition coefficient (Wildman–Crippen LogP) is 0.735. The molecule has 2 N–H and O–H groups in total. The van der Waals surface area contributed by atoms with E-state index in [1.807, 2.05) is 0 Å². The van der Waals surface area contributed by atoms with Crippen LogP contribution in [-0.2, 0) is 10.0 Å². The molecule has 1 saturated carbocycles. The highest BCUT2D eigenvalue weighted by atomic mass is 32.2. The molecule has 2 rings (SSSR count). The van der Waals surface area contributed by atoms with Crippen LogP contribution < -0.4 is 4.72 Å². The van der Waals surface area contributed by atoms with E-state index in [0.717, 1.165) is 12.8 Å². The van der Waals surface area contributed by atoms with Crippen molar-refractivity contribution in [3.05, 3.63) is 17.9 Å². The highest BCUT2D eigenvalue weighted by Gasteiger charge is 2.33. The maximum atomic E-state index is 11.8. The molecule has 0 radical (unpaired) electrons. The molecule has 7 heteroatoms. The minimum Gasteiger partial charge on any atom is -0.433 e.